The number of anilines is 1. The van der Waals surface area contributed by atoms with Crippen LogP contribution in [0.4, 0.5) is 10.1 Å². The summed E-state index contributed by atoms with van der Waals surface area (Å²) in [5.74, 6) is -0.539. The minimum Gasteiger partial charge on any atom is -0.398 e. The number of halogens is 1. The van der Waals surface area contributed by atoms with Crippen LogP contribution >= 0.6 is 0 Å². The van der Waals surface area contributed by atoms with Crippen LogP contribution in [0.25, 0.3) is 0 Å². The van der Waals surface area contributed by atoms with Gasteiger partial charge < -0.3 is 15.8 Å². The molecule has 1 rings (SSSR count). The second-order valence-corrected chi connectivity index (χ2v) is 4.00. The maximum atomic E-state index is 12.8. The SMILES string of the molecule is COCC(C)CNC(=O)c1ccc(F)cc1N. The van der Waals surface area contributed by atoms with Crippen molar-refractivity contribution in [2.24, 2.45) is 5.92 Å². The van der Waals surface area contributed by atoms with Crippen molar-refractivity contribution in [1.29, 1.82) is 0 Å². The minimum absolute atomic E-state index is 0.141. The molecule has 17 heavy (non-hydrogen) atoms. The molecule has 5 heteroatoms. The first-order valence-corrected chi connectivity index (χ1v) is 5.36. The summed E-state index contributed by atoms with van der Waals surface area (Å²) in [6, 6.07) is 3.72. The third-order valence-electron chi connectivity index (χ3n) is 2.32. The van der Waals surface area contributed by atoms with Gasteiger partial charge in [-0.25, -0.2) is 4.39 Å². The highest BCUT2D eigenvalue weighted by molar-refractivity contribution is 5.99. The van der Waals surface area contributed by atoms with Gasteiger partial charge in [-0.3, -0.25) is 4.79 Å². The summed E-state index contributed by atoms with van der Waals surface area (Å²) in [4.78, 5) is 11.7. The molecular formula is C12H17FN2O2. The molecule has 1 aromatic carbocycles. The summed E-state index contributed by atoms with van der Waals surface area (Å²) >= 11 is 0. The number of methoxy groups -OCH3 is 1. The van der Waals surface area contributed by atoms with Crippen LogP contribution in [0.2, 0.25) is 0 Å². The van der Waals surface area contributed by atoms with Crippen molar-refractivity contribution in [1.82, 2.24) is 5.32 Å². The zero-order valence-corrected chi connectivity index (χ0v) is 10.00. The second kappa shape index (κ2) is 6.20. The maximum Gasteiger partial charge on any atom is 0.253 e. The Balaban J connectivity index is 2.58. The van der Waals surface area contributed by atoms with Crippen LogP contribution in [0, 0.1) is 11.7 Å². The van der Waals surface area contributed by atoms with E-state index in [4.69, 9.17) is 10.5 Å². The molecule has 94 valence electrons. The third-order valence-corrected chi connectivity index (χ3v) is 2.32. The van der Waals surface area contributed by atoms with Gasteiger partial charge in [0.2, 0.25) is 0 Å². The number of benzene rings is 1. The first kappa shape index (κ1) is 13.4. The van der Waals surface area contributed by atoms with Crippen molar-refractivity contribution in [3.8, 4) is 0 Å². The maximum absolute atomic E-state index is 12.8. The molecule has 0 aliphatic heterocycles. The molecule has 0 saturated heterocycles. The van der Waals surface area contributed by atoms with Gasteiger partial charge in [-0.15, -0.1) is 0 Å². The van der Waals surface area contributed by atoms with E-state index in [1.165, 1.54) is 12.1 Å². The van der Waals surface area contributed by atoms with Gasteiger partial charge in [0.1, 0.15) is 5.82 Å². The number of rotatable bonds is 5. The van der Waals surface area contributed by atoms with Crippen molar-refractivity contribution < 1.29 is 13.9 Å². The molecule has 0 heterocycles. The van der Waals surface area contributed by atoms with Crippen LogP contribution < -0.4 is 11.1 Å². The Hall–Kier alpha value is -1.62. The van der Waals surface area contributed by atoms with Crippen LogP contribution in [0.3, 0.4) is 0 Å². The lowest BCUT2D eigenvalue weighted by Crippen LogP contribution is -2.30. The molecule has 0 bridgehead atoms. The fraction of sp³-hybridized carbons (Fsp3) is 0.417. The number of nitrogen functional groups attached to an aromatic ring is 1. The molecule has 1 atom stereocenters. The standard InChI is InChI=1S/C12H17FN2O2/c1-8(7-17-2)6-15-12(16)10-4-3-9(13)5-11(10)14/h3-5,8H,6-7,14H2,1-2H3,(H,15,16). The fourth-order valence-electron chi connectivity index (χ4n) is 1.45. The van der Waals surface area contributed by atoms with E-state index >= 15 is 0 Å². The number of carbonyl (C=O) groups excluding carboxylic acids is 1. The topological polar surface area (TPSA) is 64.3 Å². The van der Waals surface area contributed by atoms with Gasteiger partial charge in [0, 0.05) is 19.3 Å². The van der Waals surface area contributed by atoms with Gasteiger partial charge in [0.15, 0.2) is 0 Å². The smallest absolute Gasteiger partial charge is 0.253 e. The average Bonchev–Trinajstić information content (AvgIpc) is 2.26. The molecule has 0 radical (unpaired) electrons. The number of carbonyl (C=O) groups is 1. The van der Waals surface area contributed by atoms with Gasteiger partial charge in [-0.2, -0.15) is 0 Å². The molecule has 0 spiro atoms. The number of nitrogens with two attached hydrogens (primary N) is 1. The zero-order valence-electron chi connectivity index (χ0n) is 10.00. The number of ether oxygens (including phenoxy) is 1. The van der Waals surface area contributed by atoms with Crippen LogP contribution in [-0.4, -0.2) is 26.2 Å². The van der Waals surface area contributed by atoms with E-state index < -0.39 is 5.82 Å². The second-order valence-electron chi connectivity index (χ2n) is 4.00. The van der Waals surface area contributed by atoms with Gasteiger partial charge in [-0.1, -0.05) is 6.92 Å². The Morgan fingerprint density at radius 3 is 2.88 bits per heavy atom. The van der Waals surface area contributed by atoms with E-state index in [0.717, 1.165) is 6.07 Å². The van der Waals surface area contributed by atoms with Crippen molar-refractivity contribution in [3.05, 3.63) is 29.6 Å². The van der Waals surface area contributed by atoms with E-state index in [9.17, 15) is 9.18 Å². The van der Waals surface area contributed by atoms with Crippen molar-refractivity contribution in [2.45, 2.75) is 6.92 Å². The van der Waals surface area contributed by atoms with Gasteiger partial charge in [0.25, 0.3) is 5.91 Å². The van der Waals surface area contributed by atoms with Gasteiger partial charge in [0.05, 0.1) is 12.2 Å². The largest absolute Gasteiger partial charge is 0.398 e. The molecular weight excluding hydrogens is 223 g/mol. The molecule has 0 aliphatic rings. The van der Waals surface area contributed by atoms with E-state index in [2.05, 4.69) is 5.32 Å². The highest BCUT2D eigenvalue weighted by Crippen LogP contribution is 2.13. The Bertz CT molecular complexity index is 396. The first-order valence-electron chi connectivity index (χ1n) is 5.36. The highest BCUT2D eigenvalue weighted by atomic mass is 19.1. The molecule has 1 unspecified atom stereocenters. The van der Waals surface area contributed by atoms with Crippen molar-refractivity contribution in [3.63, 3.8) is 0 Å². The monoisotopic (exact) mass is 240 g/mol. The van der Waals surface area contributed by atoms with Gasteiger partial charge in [-0.05, 0) is 24.1 Å². The summed E-state index contributed by atoms with van der Waals surface area (Å²) < 4.78 is 17.8. The molecule has 0 saturated carbocycles. The van der Waals surface area contributed by atoms with Gasteiger partial charge >= 0.3 is 0 Å². The lowest BCUT2D eigenvalue weighted by molar-refractivity contribution is 0.0935. The van der Waals surface area contributed by atoms with Crippen molar-refractivity contribution >= 4 is 11.6 Å². The Morgan fingerprint density at radius 1 is 1.59 bits per heavy atom. The number of nitrogens with one attached hydrogen (secondary N) is 1. The predicted molar refractivity (Wildman–Crippen MR) is 64.2 cm³/mol. The van der Waals surface area contributed by atoms with Crippen molar-refractivity contribution in [2.75, 3.05) is 26.0 Å². The molecule has 0 aromatic heterocycles. The summed E-state index contributed by atoms with van der Waals surface area (Å²) in [6.45, 7) is 3.01. The number of hydrogen-bond donors (Lipinski definition) is 2. The number of hydrogen-bond acceptors (Lipinski definition) is 3. The quantitative estimate of drug-likeness (QED) is 0.765. The van der Waals surface area contributed by atoms with E-state index in [1.807, 2.05) is 6.92 Å². The zero-order chi connectivity index (χ0) is 12.8. The fourth-order valence-corrected chi connectivity index (χ4v) is 1.45. The Kier molecular flexibility index (Phi) is 4.90. The normalized spacial score (nSPS) is 12.2. The van der Waals surface area contributed by atoms with Crippen LogP contribution in [0.5, 0.6) is 0 Å². The first-order chi connectivity index (χ1) is 8.04. The average molecular weight is 240 g/mol. The van der Waals surface area contributed by atoms with Crippen LogP contribution in [0.1, 0.15) is 17.3 Å². The molecule has 1 aromatic rings. The lowest BCUT2D eigenvalue weighted by Gasteiger charge is -2.12. The summed E-state index contributed by atoms with van der Waals surface area (Å²) in [5, 5.41) is 2.72. The Labute approximate surface area is 100.0 Å². The molecule has 0 aliphatic carbocycles. The summed E-state index contributed by atoms with van der Waals surface area (Å²) in [7, 11) is 1.61. The molecule has 4 nitrogen and oxygen atoms in total. The molecule has 1 amide bonds. The third kappa shape index (κ3) is 4.03. The number of amides is 1. The van der Waals surface area contributed by atoms with E-state index in [-0.39, 0.29) is 23.1 Å². The molecule has 0 fully saturated rings. The lowest BCUT2D eigenvalue weighted by atomic mass is 10.1. The molecule has 3 N–H and O–H groups in total. The summed E-state index contributed by atoms with van der Waals surface area (Å²) in [6.07, 6.45) is 0. The minimum atomic E-state index is -0.452. The summed E-state index contributed by atoms with van der Waals surface area (Å²) in [5.41, 5.74) is 5.99. The van der Waals surface area contributed by atoms with Crippen LogP contribution in [0.15, 0.2) is 18.2 Å². The van der Waals surface area contributed by atoms with Crippen LogP contribution in [-0.2, 0) is 4.74 Å². The highest BCUT2D eigenvalue weighted by Gasteiger charge is 2.11. The Morgan fingerprint density at radius 2 is 2.29 bits per heavy atom. The van der Waals surface area contributed by atoms with E-state index in [1.54, 1.807) is 7.11 Å². The predicted octanol–water partition coefficient (Wildman–Crippen LogP) is 1.42. The van der Waals surface area contributed by atoms with E-state index in [0.29, 0.717) is 13.2 Å².